The summed E-state index contributed by atoms with van der Waals surface area (Å²) in [5, 5.41) is 11.8. The lowest BCUT2D eigenvalue weighted by molar-refractivity contribution is -0.123. The van der Waals surface area contributed by atoms with Gasteiger partial charge in [-0.25, -0.2) is 0 Å². The topological polar surface area (TPSA) is 61.8 Å². The molecular formula is C12H24N2O3. The van der Waals surface area contributed by atoms with Crippen LogP contribution < -0.4 is 5.32 Å². The average molecular weight is 244 g/mol. The molecule has 0 aromatic carbocycles. The molecule has 0 radical (unpaired) electrons. The van der Waals surface area contributed by atoms with Gasteiger partial charge in [-0.15, -0.1) is 0 Å². The molecule has 1 unspecified atom stereocenters. The van der Waals surface area contributed by atoms with Gasteiger partial charge >= 0.3 is 0 Å². The molecule has 1 heterocycles. The fourth-order valence-electron chi connectivity index (χ4n) is 2.28. The third-order valence-electron chi connectivity index (χ3n) is 3.19. The summed E-state index contributed by atoms with van der Waals surface area (Å²) in [6.07, 6.45) is 4.21. The Hall–Kier alpha value is -0.650. The molecule has 0 saturated carbocycles. The second kappa shape index (κ2) is 8.44. The smallest absolute Gasteiger partial charge is 0.234 e. The third-order valence-corrected chi connectivity index (χ3v) is 3.19. The van der Waals surface area contributed by atoms with Crippen molar-refractivity contribution in [2.45, 2.75) is 31.7 Å². The summed E-state index contributed by atoms with van der Waals surface area (Å²) in [4.78, 5) is 13.8. The number of hydrogen-bond acceptors (Lipinski definition) is 4. The van der Waals surface area contributed by atoms with Crippen molar-refractivity contribution in [3.63, 3.8) is 0 Å². The molecule has 0 spiro atoms. The van der Waals surface area contributed by atoms with Gasteiger partial charge in [-0.3, -0.25) is 9.69 Å². The van der Waals surface area contributed by atoms with Gasteiger partial charge in [0, 0.05) is 26.3 Å². The van der Waals surface area contributed by atoms with Crippen molar-refractivity contribution in [1.82, 2.24) is 10.2 Å². The van der Waals surface area contributed by atoms with Crippen molar-refractivity contribution < 1.29 is 14.6 Å². The number of likely N-dealkylation sites (tertiary alicyclic amines) is 1. The number of piperidine rings is 1. The predicted octanol–water partition coefficient (Wildman–Crippen LogP) is -0.0141. The lowest BCUT2D eigenvalue weighted by Gasteiger charge is -2.34. The van der Waals surface area contributed by atoms with Gasteiger partial charge in [0.25, 0.3) is 0 Å². The van der Waals surface area contributed by atoms with E-state index >= 15 is 0 Å². The first-order valence-corrected chi connectivity index (χ1v) is 6.38. The Morgan fingerprint density at radius 2 is 2.35 bits per heavy atom. The molecular weight excluding hydrogens is 220 g/mol. The highest BCUT2D eigenvalue weighted by Gasteiger charge is 2.23. The Morgan fingerprint density at radius 3 is 3.06 bits per heavy atom. The number of carbonyl (C=O) groups is 1. The van der Waals surface area contributed by atoms with Crippen LogP contribution in [-0.4, -0.2) is 61.9 Å². The standard InChI is InChI=1S/C12H24N2O3/c1-17-9-6-13-12(16)10-14-7-3-2-4-11(14)5-8-15/h11,15H,2-10H2,1H3,(H,13,16). The van der Waals surface area contributed by atoms with E-state index in [4.69, 9.17) is 9.84 Å². The maximum absolute atomic E-state index is 11.7. The van der Waals surface area contributed by atoms with E-state index in [1.54, 1.807) is 7.11 Å². The van der Waals surface area contributed by atoms with Crippen LogP contribution in [0.3, 0.4) is 0 Å². The first-order valence-electron chi connectivity index (χ1n) is 6.38. The predicted molar refractivity (Wildman–Crippen MR) is 65.8 cm³/mol. The van der Waals surface area contributed by atoms with Gasteiger partial charge in [-0.2, -0.15) is 0 Å². The number of methoxy groups -OCH3 is 1. The zero-order chi connectivity index (χ0) is 12.5. The molecule has 0 aromatic rings. The SMILES string of the molecule is COCCNC(=O)CN1CCCCC1CCO. The van der Waals surface area contributed by atoms with Crippen molar-refractivity contribution in [2.75, 3.05) is 40.0 Å². The number of ether oxygens (including phenoxy) is 1. The number of aliphatic hydroxyl groups is 1. The van der Waals surface area contributed by atoms with Crippen LogP contribution in [0.15, 0.2) is 0 Å². The fraction of sp³-hybridized carbons (Fsp3) is 0.917. The lowest BCUT2D eigenvalue weighted by atomic mass is 10.00. The van der Waals surface area contributed by atoms with Gasteiger partial charge in [0.2, 0.25) is 5.91 Å². The number of hydrogen-bond donors (Lipinski definition) is 2. The van der Waals surface area contributed by atoms with Crippen molar-refractivity contribution >= 4 is 5.91 Å². The van der Waals surface area contributed by atoms with Crippen molar-refractivity contribution in [3.05, 3.63) is 0 Å². The maximum atomic E-state index is 11.7. The first kappa shape index (κ1) is 14.4. The largest absolute Gasteiger partial charge is 0.396 e. The Balaban J connectivity index is 2.28. The average Bonchev–Trinajstić information content (AvgIpc) is 2.32. The van der Waals surface area contributed by atoms with Crippen molar-refractivity contribution in [3.8, 4) is 0 Å². The van der Waals surface area contributed by atoms with Crippen LogP contribution >= 0.6 is 0 Å². The van der Waals surface area contributed by atoms with Gasteiger partial charge in [0.15, 0.2) is 0 Å². The van der Waals surface area contributed by atoms with Gasteiger partial charge in [0.05, 0.1) is 13.2 Å². The minimum absolute atomic E-state index is 0.0480. The molecule has 1 aliphatic rings. The number of aliphatic hydroxyl groups excluding tert-OH is 1. The highest BCUT2D eigenvalue weighted by atomic mass is 16.5. The van der Waals surface area contributed by atoms with Gasteiger partial charge < -0.3 is 15.2 Å². The molecule has 100 valence electrons. The van der Waals surface area contributed by atoms with Crippen LogP contribution in [0.25, 0.3) is 0 Å². The number of nitrogens with zero attached hydrogens (tertiary/aromatic N) is 1. The zero-order valence-corrected chi connectivity index (χ0v) is 10.7. The molecule has 1 atom stereocenters. The Kier molecular flexibility index (Phi) is 7.16. The van der Waals surface area contributed by atoms with Gasteiger partial charge in [-0.1, -0.05) is 6.42 Å². The molecule has 1 aliphatic heterocycles. The molecule has 0 bridgehead atoms. The van der Waals surface area contributed by atoms with Gasteiger partial charge in [0.1, 0.15) is 0 Å². The van der Waals surface area contributed by atoms with Crippen LogP contribution in [0.5, 0.6) is 0 Å². The van der Waals surface area contributed by atoms with Crippen molar-refractivity contribution in [2.24, 2.45) is 0 Å². The summed E-state index contributed by atoms with van der Waals surface area (Å²) >= 11 is 0. The van der Waals surface area contributed by atoms with E-state index in [9.17, 15) is 4.79 Å². The lowest BCUT2D eigenvalue weighted by Crippen LogP contribution is -2.46. The molecule has 17 heavy (non-hydrogen) atoms. The van der Waals surface area contributed by atoms with E-state index in [-0.39, 0.29) is 12.5 Å². The molecule has 1 saturated heterocycles. The second-order valence-corrected chi connectivity index (χ2v) is 4.48. The summed E-state index contributed by atoms with van der Waals surface area (Å²) in [5.74, 6) is 0.0480. The maximum Gasteiger partial charge on any atom is 0.234 e. The molecule has 1 rings (SSSR count). The number of rotatable bonds is 7. The molecule has 5 nitrogen and oxygen atoms in total. The van der Waals surface area contributed by atoms with E-state index in [1.165, 1.54) is 6.42 Å². The number of carbonyl (C=O) groups excluding carboxylic acids is 1. The van der Waals surface area contributed by atoms with E-state index in [1.807, 2.05) is 0 Å². The summed E-state index contributed by atoms with van der Waals surface area (Å²) in [6, 6.07) is 0.363. The van der Waals surface area contributed by atoms with Crippen LogP contribution in [-0.2, 0) is 9.53 Å². The van der Waals surface area contributed by atoms with E-state index in [0.29, 0.717) is 25.7 Å². The molecule has 2 N–H and O–H groups in total. The number of nitrogens with one attached hydrogen (secondary N) is 1. The van der Waals surface area contributed by atoms with Crippen molar-refractivity contribution in [1.29, 1.82) is 0 Å². The molecule has 0 aromatic heterocycles. The minimum Gasteiger partial charge on any atom is -0.396 e. The second-order valence-electron chi connectivity index (χ2n) is 4.48. The Bertz CT molecular complexity index is 222. The van der Waals surface area contributed by atoms with Crippen LogP contribution in [0.2, 0.25) is 0 Å². The van der Waals surface area contributed by atoms with Crippen LogP contribution in [0, 0.1) is 0 Å². The monoisotopic (exact) mass is 244 g/mol. The quantitative estimate of drug-likeness (QED) is 0.618. The summed E-state index contributed by atoms with van der Waals surface area (Å²) in [7, 11) is 1.62. The molecule has 1 fully saturated rings. The Labute approximate surface area is 103 Å². The highest BCUT2D eigenvalue weighted by molar-refractivity contribution is 5.78. The first-order chi connectivity index (χ1) is 8.27. The molecule has 0 aliphatic carbocycles. The van der Waals surface area contributed by atoms with Crippen LogP contribution in [0.1, 0.15) is 25.7 Å². The normalized spacial score (nSPS) is 21.4. The summed E-state index contributed by atoms with van der Waals surface area (Å²) in [6.45, 7) is 2.71. The Morgan fingerprint density at radius 1 is 1.53 bits per heavy atom. The highest BCUT2D eigenvalue weighted by Crippen LogP contribution is 2.18. The molecule has 5 heteroatoms. The summed E-state index contributed by atoms with van der Waals surface area (Å²) in [5.41, 5.74) is 0. The van der Waals surface area contributed by atoms with E-state index in [0.717, 1.165) is 25.8 Å². The van der Waals surface area contributed by atoms with Gasteiger partial charge in [-0.05, 0) is 25.8 Å². The number of amides is 1. The minimum atomic E-state index is 0.0480. The third kappa shape index (κ3) is 5.48. The fourth-order valence-corrected chi connectivity index (χ4v) is 2.28. The van der Waals surface area contributed by atoms with E-state index in [2.05, 4.69) is 10.2 Å². The van der Waals surface area contributed by atoms with E-state index < -0.39 is 0 Å². The summed E-state index contributed by atoms with van der Waals surface area (Å²) < 4.78 is 4.88. The van der Waals surface area contributed by atoms with Crippen LogP contribution in [0.4, 0.5) is 0 Å². The zero-order valence-electron chi connectivity index (χ0n) is 10.7. The molecule has 1 amide bonds.